The number of likely N-dealkylation sites (N-methyl/N-ethyl adjacent to an activating group) is 1. The lowest BCUT2D eigenvalue weighted by molar-refractivity contribution is -0.129. The van der Waals surface area contributed by atoms with Gasteiger partial charge in [-0.1, -0.05) is 45.0 Å². The van der Waals surface area contributed by atoms with E-state index in [2.05, 4.69) is 20.4 Å². The molecule has 0 fully saturated rings. The van der Waals surface area contributed by atoms with Gasteiger partial charge in [-0.3, -0.25) is 4.79 Å². The second kappa shape index (κ2) is 7.50. The van der Waals surface area contributed by atoms with Crippen LogP contribution in [0.4, 0.5) is 0 Å². The fourth-order valence-electron chi connectivity index (χ4n) is 1.36. The van der Waals surface area contributed by atoms with Gasteiger partial charge >= 0.3 is 0 Å². The second-order valence-corrected chi connectivity index (χ2v) is 4.79. The molecule has 0 aliphatic heterocycles. The lowest BCUT2D eigenvalue weighted by Gasteiger charge is -2.18. The van der Waals surface area contributed by atoms with E-state index in [4.69, 9.17) is 11.6 Å². The molecular weight excluding hydrogens is 222 g/mol. The van der Waals surface area contributed by atoms with Crippen molar-refractivity contribution in [1.82, 2.24) is 4.90 Å². The first-order valence-corrected chi connectivity index (χ1v) is 6.04. The average Bonchev–Trinajstić information content (AvgIpc) is 2.23. The molecule has 0 radical (unpaired) electrons. The molecule has 0 rings (SSSR count). The van der Waals surface area contributed by atoms with Crippen LogP contribution in [-0.2, 0) is 4.79 Å². The first-order valence-electron chi connectivity index (χ1n) is 5.66. The van der Waals surface area contributed by atoms with Crippen LogP contribution in [0.5, 0.6) is 0 Å². The number of hydrogen-bond acceptors (Lipinski definition) is 1. The van der Waals surface area contributed by atoms with E-state index in [0.29, 0.717) is 18.9 Å². The fraction of sp³-hybridized carbons (Fsp3) is 0.615. The molecule has 0 aromatic carbocycles. The van der Waals surface area contributed by atoms with E-state index in [1.165, 1.54) is 0 Å². The minimum absolute atomic E-state index is 0.119. The summed E-state index contributed by atoms with van der Waals surface area (Å²) in [6.07, 6.45) is 3.09. The molecule has 0 saturated heterocycles. The molecule has 0 aliphatic carbocycles. The highest BCUT2D eigenvalue weighted by Gasteiger charge is 2.10. The van der Waals surface area contributed by atoms with Gasteiger partial charge in [0, 0.05) is 25.0 Å². The van der Waals surface area contributed by atoms with Crippen molar-refractivity contribution in [2.24, 2.45) is 5.92 Å². The SMILES string of the molecule is C=CC(CN(C)C(=O)CC)=C(Cl)CC(C)C. The van der Waals surface area contributed by atoms with Crippen LogP contribution in [0.1, 0.15) is 33.6 Å². The Morgan fingerprint density at radius 3 is 2.44 bits per heavy atom. The van der Waals surface area contributed by atoms with Crippen molar-refractivity contribution in [3.63, 3.8) is 0 Å². The van der Waals surface area contributed by atoms with E-state index in [0.717, 1.165) is 17.0 Å². The zero-order chi connectivity index (χ0) is 12.7. The molecule has 0 aromatic heterocycles. The zero-order valence-electron chi connectivity index (χ0n) is 10.7. The van der Waals surface area contributed by atoms with Crippen molar-refractivity contribution in [3.8, 4) is 0 Å². The van der Waals surface area contributed by atoms with Crippen LogP contribution in [-0.4, -0.2) is 24.4 Å². The van der Waals surface area contributed by atoms with Gasteiger partial charge in [0.15, 0.2) is 0 Å². The number of hydrogen-bond donors (Lipinski definition) is 0. The molecular formula is C13H22ClNO. The molecule has 0 heterocycles. The van der Waals surface area contributed by atoms with Crippen molar-refractivity contribution < 1.29 is 4.79 Å². The molecule has 0 unspecified atom stereocenters. The Labute approximate surface area is 104 Å². The normalized spacial score (nSPS) is 12.4. The molecule has 0 N–H and O–H groups in total. The topological polar surface area (TPSA) is 20.3 Å². The third kappa shape index (κ3) is 5.36. The van der Waals surface area contributed by atoms with Crippen molar-refractivity contribution in [3.05, 3.63) is 23.3 Å². The number of amides is 1. The van der Waals surface area contributed by atoms with Crippen LogP contribution >= 0.6 is 11.6 Å². The Kier molecular flexibility index (Phi) is 7.15. The predicted molar refractivity (Wildman–Crippen MR) is 70.5 cm³/mol. The van der Waals surface area contributed by atoms with E-state index in [-0.39, 0.29) is 5.91 Å². The van der Waals surface area contributed by atoms with Gasteiger partial charge < -0.3 is 4.90 Å². The summed E-state index contributed by atoms with van der Waals surface area (Å²) < 4.78 is 0. The molecule has 1 amide bonds. The Morgan fingerprint density at radius 2 is 2.06 bits per heavy atom. The molecule has 0 saturated carbocycles. The fourth-order valence-corrected chi connectivity index (χ4v) is 1.81. The van der Waals surface area contributed by atoms with Gasteiger partial charge in [-0.2, -0.15) is 0 Å². The molecule has 0 bridgehead atoms. The number of allylic oxidation sites excluding steroid dienone is 1. The largest absolute Gasteiger partial charge is 0.341 e. The van der Waals surface area contributed by atoms with Crippen LogP contribution in [0.25, 0.3) is 0 Å². The first kappa shape index (κ1) is 15.2. The van der Waals surface area contributed by atoms with E-state index in [1.807, 2.05) is 6.92 Å². The minimum atomic E-state index is 0.119. The van der Waals surface area contributed by atoms with Gasteiger partial charge in [0.2, 0.25) is 5.91 Å². The van der Waals surface area contributed by atoms with Crippen LogP contribution < -0.4 is 0 Å². The quantitative estimate of drug-likeness (QED) is 0.653. The second-order valence-electron chi connectivity index (χ2n) is 4.34. The van der Waals surface area contributed by atoms with Crippen molar-refractivity contribution in [2.75, 3.05) is 13.6 Å². The van der Waals surface area contributed by atoms with Gasteiger partial charge in [0.05, 0.1) is 0 Å². The average molecular weight is 244 g/mol. The van der Waals surface area contributed by atoms with Crippen LogP contribution in [0.15, 0.2) is 23.3 Å². The highest BCUT2D eigenvalue weighted by Crippen LogP contribution is 2.20. The summed E-state index contributed by atoms with van der Waals surface area (Å²) in [5.41, 5.74) is 0.944. The van der Waals surface area contributed by atoms with Crippen molar-refractivity contribution in [2.45, 2.75) is 33.6 Å². The molecule has 0 spiro atoms. The third-order valence-electron chi connectivity index (χ3n) is 2.32. The summed E-state index contributed by atoms with van der Waals surface area (Å²) in [5.74, 6) is 0.628. The summed E-state index contributed by atoms with van der Waals surface area (Å²) in [6, 6.07) is 0. The van der Waals surface area contributed by atoms with E-state index in [9.17, 15) is 4.79 Å². The maximum Gasteiger partial charge on any atom is 0.222 e. The Balaban J connectivity index is 4.62. The first-order chi connectivity index (χ1) is 7.42. The van der Waals surface area contributed by atoms with E-state index in [1.54, 1.807) is 18.0 Å². The summed E-state index contributed by atoms with van der Waals surface area (Å²) in [4.78, 5) is 13.1. The van der Waals surface area contributed by atoms with Gasteiger partial charge in [0.25, 0.3) is 0 Å². The molecule has 3 heteroatoms. The molecule has 2 nitrogen and oxygen atoms in total. The van der Waals surface area contributed by atoms with Crippen LogP contribution in [0, 0.1) is 5.92 Å². The van der Waals surface area contributed by atoms with Crippen molar-refractivity contribution in [1.29, 1.82) is 0 Å². The smallest absolute Gasteiger partial charge is 0.222 e. The highest BCUT2D eigenvalue weighted by molar-refractivity contribution is 6.30. The summed E-state index contributed by atoms with van der Waals surface area (Å²) >= 11 is 6.20. The van der Waals surface area contributed by atoms with Crippen LogP contribution in [0.3, 0.4) is 0 Å². The van der Waals surface area contributed by atoms with Gasteiger partial charge in [-0.05, 0) is 17.9 Å². The maximum absolute atomic E-state index is 11.4. The standard InChI is InChI=1S/C13H22ClNO/c1-6-11(12(14)8-10(3)4)9-15(5)13(16)7-2/h6,10H,1,7-9H2,2-5H3. The molecule has 0 aliphatic rings. The zero-order valence-corrected chi connectivity index (χ0v) is 11.5. The van der Waals surface area contributed by atoms with Gasteiger partial charge in [-0.25, -0.2) is 0 Å². The van der Waals surface area contributed by atoms with Crippen molar-refractivity contribution >= 4 is 17.5 Å². The lowest BCUT2D eigenvalue weighted by atomic mass is 10.1. The lowest BCUT2D eigenvalue weighted by Crippen LogP contribution is -2.27. The summed E-state index contributed by atoms with van der Waals surface area (Å²) in [6.45, 7) is 10.4. The number of carbonyl (C=O) groups excluding carboxylic acids is 1. The third-order valence-corrected chi connectivity index (χ3v) is 2.72. The number of halogens is 1. The summed E-state index contributed by atoms with van der Waals surface area (Å²) in [5, 5.41) is 0.806. The number of rotatable bonds is 6. The number of carbonyl (C=O) groups is 1. The molecule has 16 heavy (non-hydrogen) atoms. The Bertz CT molecular complexity index is 282. The van der Waals surface area contributed by atoms with Crippen LogP contribution in [0.2, 0.25) is 0 Å². The van der Waals surface area contributed by atoms with E-state index < -0.39 is 0 Å². The van der Waals surface area contributed by atoms with E-state index >= 15 is 0 Å². The Morgan fingerprint density at radius 1 is 1.50 bits per heavy atom. The highest BCUT2D eigenvalue weighted by atomic mass is 35.5. The summed E-state index contributed by atoms with van der Waals surface area (Å²) in [7, 11) is 1.79. The molecule has 92 valence electrons. The monoisotopic (exact) mass is 243 g/mol. The predicted octanol–water partition coefficient (Wildman–Crippen LogP) is 3.58. The Hall–Kier alpha value is -0.760. The molecule has 0 atom stereocenters. The molecule has 0 aromatic rings. The van der Waals surface area contributed by atoms with Gasteiger partial charge in [-0.15, -0.1) is 0 Å². The number of nitrogens with zero attached hydrogens (tertiary/aromatic N) is 1. The maximum atomic E-state index is 11.4. The minimum Gasteiger partial charge on any atom is -0.341 e. The van der Waals surface area contributed by atoms with Gasteiger partial charge in [0.1, 0.15) is 0 Å².